The van der Waals surface area contributed by atoms with Gasteiger partial charge >= 0.3 is 0 Å². The van der Waals surface area contributed by atoms with Crippen molar-refractivity contribution >= 4 is 11.6 Å². The van der Waals surface area contributed by atoms with Gasteiger partial charge in [0.1, 0.15) is 0 Å². The third-order valence-electron chi connectivity index (χ3n) is 4.45. The quantitative estimate of drug-likeness (QED) is 0.908. The van der Waals surface area contributed by atoms with Crippen molar-refractivity contribution in [3.8, 4) is 0 Å². The lowest BCUT2D eigenvalue weighted by Gasteiger charge is -2.32. The van der Waals surface area contributed by atoms with Crippen LogP contribution in [-0.2, 0) is 0 Å². The van der Waals surface area contributed by atoms with Crippen LogP contribution < -0.4 is 5.73 Å². The van der Waals surface area contributed by atoms with Gasteiger partial charge in [-0.25, -0.2) is 0 Å². The zero-order valence-electron chi connectivity index (χ0n) is 12.0. The molecule has 19 heavy (non-hydrogen) atoms. The van der Waals surface area contributed by atoms with E-state index in [0.717, 1.165) is 17.5 Å². The summed E-state index contributed by atoms with van der Waals surface area (Å²) in [6.07, 6.45) is 4.93. The maximum absolute atomic E-state index is 5.97. The summed E-state index contributed by atoms with van der Waals surface area (Å²) in [5, 5.41) is 0.805. The Morgan fingerprint density at radius 1 is 1.21 bits per heavy atom. The van der Waals surface area contributed by atoms with Crippen LogP contribution in [0.3, 0.4) is 0 Å². The smallest absolute Gasteiger partial charge is 0.0406 e. The topological polar surface area (TPSA) is 29.3 Å². The molecule has 2 rings (SSSR count). The minimum Gasteiger partial charge on any atom is -0.328 e. The zero-order valence-corrected chi connectivity index (χ0v) is 12.7. The second kappa shape index (κ2) is 6.74. The van der Waals surface area contributed by atoms with Gasteiger partial charge in [0.2, 0.25) is 0 Å². The summed E-state index contributed by atoms with van der Waals surface area (Å²) in [7, 11) is 2.22. The summed E-state index contributed by atoms with van der Waals surface area (Å²) < 4.78 is 0. The molecule has 1 aromatic carbocycles. The maximum atomic E-state index is 5.97. The molecule has 0 radical (unpaired) electrons. The highest BCUT2D eigenvalue weighted by Crippen LogP contribution is 2.27. The van der Waals surface area contributed by atoms with Crippen LogP contribution in [0.15, 0.2) is 24.3 Å². The molecule has 0 aromatic heterocycles. The Kier molecular flexibility index (Phi) is 5.26. The molecule has 0 bridgehead atoms. The number of hydrogen-bond acceptors (Lipinski definition) is 2. The van der Waals surface area contributed by atoms with Gasteiger partial charge < -0.3 is 5.73 Å². The Bertz CT molecular complexity index is 382. The van der Waals surface area contributed by atoms with Crippen molar-refractivity contribution < 1.29 is 0 Å². The molecule has 106 valence electrons. The van der Waals surface area contributed by atoms with Crippen LogP contribution in [0.25, 0.3) is 0 Å². The van der Waals surface area contributed by atoms with E-state index in [2.05, 4.69) is 31.0 Å². The third kappa shape index (κ3) is 4.20. The average Bonchev–Trinajstić information content (AvgIpc) is 2.41. The first-order valence-electron chi connectivity index (χ1n) is 7.27. The highest BCUT2D eigenvalue weighted by molar-refractivity contribution is 6.30. The Labute approximate surface area is 121 Å². The fourth-order valence-electron chi connectivity index (χ4n) is 2.93. The van der Waals surface area contributed by atoms with Crippen LogP contribution in [0.2, 0.25) is 5.02 Å². The van der Waals surface area contributed by atoms with Gasteiger partial charge in [-0.15, -0.1) is 0 Å². The van der Waals surface area contributed by atoms with E-state index >= 15 is 0 Å². The minimum atomic E-state index is 0.438. The van der Waals surface area contributed by atoms with Gasteiger partial charge in [0, 0.05) is 23.7 Å². The molecule has 0 heterocycles. The number of halogens is 1. The molecule has 1 fully saturated rings. The van der Waals surface area contributed by atoms with Crippen LogP contribution in [-0.4, -0.2) is 24.5 Å². The van der Waals surface area contributed by atoms with Gasteiger partial charge in [-0.2, -0.15) is 0 Å². The second-order valence-electron chi connectivity index (χ2n) is 5.95. The minimum absolute atomic E-state index is 0.438. The predicted octanol–water partition coefficient (Wildman–Crippen LogP) is 3.85. The van der Waals surface area contributed by atoms with Crippen LogP contribution in [0, 0.1) is 5.92 Å². The summed E-state index contributed by atoms with van der Waals surface area (Å²) in [5.74, 6) is 0.805. The van der Waals surface area contributed by atoms with Gasteiger partial charge in [-0.05, 0) is 63.3 Å². The van der Waals surface area contributed by atoms with Gasteiger partial charge in [0.15, 0.2) is 0 Å². The summed E-state index contributed by atoms with van der Waals surface area (Å²) in [6.45, 7) is 3.42. The Morgan fingerprint density at radius 3 is 2.37 bits per heavy atom. The maximum Gasteiger partial charge on any atom is 0.0406 e. The molecule has 3 heteroatoms. The molecule has 0 aliphatic heterocycles. The number of nitrogens with two attached hydrogens (primary N) is 1. The second-order valence-corrected chi connectivity index (χ2v) is 6.38. The Morgan fingerprint density at radius 2 is 1.79 bits per heavy atom. The molecule has 1 unspecified atom stereocenters. The van der Waals surface area contributed by atoms with E-state index in [-0.39, 0.29) is 0 Å². The van der Waals surface area contributed by atoms with Crippen molar-refractivity contribution in [2.45, 2.75) is 44.7 Å². The van der Waals surface area contributed by atoms with Crippen molar-refractivity contribution in [3.05, 3.63) is 34.9 Å². The van der Waals surface area contributed by atoms with Crippen LogP contribution in [0.1, 0.15) is 44.2 Å². The lowest BCUT2D eigenvalue weighted by Crippen LogP contribution is -2.33. The van der Waals surface area contributed by atoms with Gasteiger partial charge in [-0.1, -0.05) is 23.7 Å². The summed E-state index contributed by atoms with van der Waals surface area (Å²) >= 11 is 5.94. The first-order valence-corrected chi connectivity index (χ1v) is 7.65. The fourth-order valence-corrected chi connectivity index (χ4v) is 3.06. The largest absolute Gasteiger partial charge is 0.328 e. The molecular formula is C16H25ClN2. The number of hydrogen-bond donors (Lipinski definition) is 1. The van der Waals surface area contributed by atoms with Crippen LogP contribution in [0.4, 0.5) is 0 Å². The normalized spacial score (nSPS) is 25.5. The van der Waals surface area contributed by atoms with Crippen LogP contribution >= 0.6 is 11.6 Å². The summed E-state index contributed by atoms with van der Waals surface area (Å²) in [6, 6.07) is 9.07. The van der Waals surface area contributed by atoms with Gasteiger partial charge in [0.25, 0.3) is 0 Å². The molecule has 0 saturated heterocycles. The standard InChI is InChI=1S/C16H25ClN2/c1-12(14-5-7-15(17)8-6-14)19(2)11-13-3-9-16(18)10-4-13/h5-8,12-13,16H,3-4,9-11,18H2,1-2H3. The van der Waals surface area contributed by atoms with E-state index in [1.807, 2.05) is 12.1 Å². The van der Waals surface area contributed by atoms with E-state index in [1.54, 1.807) is 0 Å². The van der Waals surface area contributed by atoms with Gasteiger partial charge in [0.05, 0.1) is 0 Å². The van der Waals surface area contributed by atoms with E-state index in [1.165, 1.54) is 31.2 Å². The van der Waals surface area contributed by atoms with E-state index in [4.69, 9.17) is 17.3 Å². The molecule has 1 atom stereocenters. The molecule has 0 amide bonds. The number of nitrogens with zero attached hydrogens (tertiary/aromatic N) is 1. The van der Waals surface area contributed by atoms with Crippen molar-refractivity contribution in [2.24, 2.45) is 11.7 Å². The average molecular weight is 281 g/mol. The lowest BCUT2D eigenvalue weighted by atomic mass is 9.86. The number of benzene rings is 1. The van der Waals surface area contributed by atoms with Crippen molar-refractivity contribution in [1.82, 2.24) is 4.90 Å². The first-order chi connectivity index (χ1) is 9.06. The SMILES string of the molecule is CC(c1ccc(Cl)cc1)N(C)CC1CCC(N)CC1. The third-order valence-corrected chi connectivity index (χ3v) is 4.70. The van der Waals surface area contributed by atoms with Crippen molar-refractivity contribution in [2.75, 3.05) is 13.6 Å². The van der Waals surface area contributed by atoms with Gasteiger partial charge in [-0.3, -0.25) is 4.90 Å². The Balaban J connectivity index is 1.88. The lowest BCUT2D eigenvalue weighted by molar-refractivity contribution is 0.186. The number of rotatable bonds is 4. The molecule has 1 aliphatic carbocycles. The molecule has 2 nitrogen and oxygen atoms in total. The Hall–Kier alpha value is -0.570. The highest BCUT2D eigenvalue weighted by atomic mass is 35.5. The van der Waals surface area contributed by atoms with Crippen molar-refractivity contribution in [3.63, 3.8) is 0 Å². The van der Waals surface area contributed by atoms with E-state index in [0.29, 0.717) is 12.1 Å². The molecule has 0 spiro atoms. The summed E-state index contributed by atoms with van der Waals surface area (Å²) in [4.78, 5) is 2.45. The summed E-state index contributed by atoms with van der Waals surface area (Å²) in [5.41, 5.74) is 7.30. The van der Waals surface area contributed by atoms with Crippen LogP contribution in [0.5, 0.6) is 0 Å². The van der Waals surface area contributed by atoms with E-state index < -0.39 is 0 Å². The predicted molar refractivity (Wildman–Crippen MR) is 82.4 cm³/mol. The van der Waals surface area contributed by atoms with Crippen molar-refractivity contribution in [1.29, 1.82) is 0 Å². The monoisotopic (exact) mass is 280 g/mol. The molecule has 1 aliphatic rings. The highest BCUT2D eigenvalue weighted by Gasteiger charge is 2.21. The molecular weight excluding hydrogens is 256 g/mol. The van der Waals surface area contributed by atoms with E-state index in [9.17, 15) is 0 Å². The molecule has 1 saturated carbocycles. The molecule has 1 aromatic rings. The zero-order chi connectivity index (χ0) is 13.8. The fraction of sp³-hybridized carbons (Fsp3) is 0.625. The first kappa shape index (κ1) is 14.8. The molecule has 2 N–H and O–H groups in total.